The molecule has 4 rings (SSSR count). The first-order chi connectivity index (χ1) is 16.7. The van der Waals surface area contributed by atoms with Gasteiger partial charge in [-0.3, -0.25) is 9.59 Å². The third kappa shape index (κ3) is 4.74. The topological polar surface area (TPSA) is 61.8 Å². The lowest BCUT2D eigenvalue weighted by Crippen LogP contribution is -2.60. The quantitative estimate of drug-likeness (QED) is 0.275. The highest BCUT2D eigenvalue weighted by Crippen LogP contribution is 2.68. The zero-order valence-corrected chi connectivity index (χ0v) is 23.1. The molecule has 0 aromatic rings. The normalized spacial score (nSPS) is 43.7. The molecule has 4 aliphatic rings. The summed E-state index contributed by atoms with van der Waals surface area (Å²) in [5.41, 5.74) is 0.451. The minimum absolute atomic E-state index is 0.0694. The van der Waals surface area contributed by atoms with Crippen molar-refractivity contribution < 1.29 is 23.8 Å². The van der Waals surface area contributed by atoms with E-state index in [0.717, 1.165) is 25.7 Å². The Bertz CT molecular complexity index is 766. The molecule has 0 heterocycles. The molecule has 0 amide bonds. The molecule has 4 fully saturated rings. The standard InChI is InChI=1S/C30H50O5/c1-7-21-25-17-20(35-18-33-6)13-15-30(25,5)24-14-16-29(4)22(10-11-23(29)27(24)28(21)32)19(3)9-12-26(31)34-8-2/h19-25,27H,7-18H2,1-6H3/t19-,20-,21-,22?,23?,24?,25?,27?,29-,30-/m1/s1. The van der Waals surface area contributed by atoms with Crippen LogP contribution in [0, 0.1) is 52.3 Å². The average Bonchev–Trinajstić information content (AvgIpc) is 3.19. The lowest BCUT2D eigenvalue weighted by molar-refractivity contribution is -0.181. The molecule has 0 saturated heterocycles. The van der Waals surface area contributed by atoms with Gasteiger partial charge >= 0.3 is 5.97 Å². The Morgan fingerprint density at radius 2 is 1.74 bits per heavy atom. The Labute approximate surface area is 213 Å². The van der Waals surface area contributed by atoms with Crippen molar-refractivity contribution in [2.24, 2.45) is 52.3 Å². The molecule has 5 nitrogen and oxygen atoms in total. The van der Waals surface area contributed by atoms with E-state index in [1.807, 2.05) is 6.92 Å². The van der Waals surface area contributed by atoms with Crippen molar-refractivity contribution in [1.82, 2.24) is 0 Å². The van der Waals surface area contributed by atoms with E-state index in [0.29, 0.717) is 55.2 Å². The Hall–Kier alpha value is -0.940. The predicted octanol–water partition coefficient (Wildman–Crippen LogP) is 6.43. The summed E-state index contributed by atoms with van der Waals surface area (Å²) < 4.78 is 16.4. The van der Waals surface area contributed by atoms with E-state index >= 15 is 0 Å². The van der Waals surface area contributed by atoms with Crippen LogP contribution in [0.5, 0.6) is 0 Å². The number of hydrogen-bond donors (Lipinski definition) is 0. The largest absolute Gasteiger partial charge is 0.466 e. The summed E-state index contributed by atoms with van der Waals surface area (Å²) in [6.07, 6.45) is 10.6. The first kappa shape index (κ1) is 27.1. The van der Waals surface area contributed by atoms with Crippen molar-refractivity contribution in [3.05, 3.63) is 0 Å². The summed E-state index contributed by atoms with van der Waals surface area (Å²) in [6.45, 7) is 12.2. The number of esters is 1. The van der Waals surface area contributed by atoms with Crippen molar-refractivity contribution in [1.29, 1.82) is 0 Å². The number of carbonyl (C=O) groups excluding carboxylic acids is 2. The molecule has 4 saturated carbocycles. The van der Waals surface area contributed by atoms with Gasteiger partial charge in [0.1, 0.15) is 12.6 Å². The third-order valence-electron chi connectivity index (χ3n) is 11.4. The Morgan fingerprint density at radius 1 is 1.03 bits per heavy atom. The Morgan fingerprint density at radius 3 is 2.43 bits per heavy atom. The van der Waals surface area contributed by atoms with Crippen LogP contribution in [0.4, 0.5) is 0 Å². The highest BCUT2D eigenvalue weighted by Gasteiger charge is 2.65. The van der Waals surface area contributed by atoms with Gasteiger partial charge in [0, 0.05) is 25.4 Å². The van der Waals surface area contributed by atoms with Gasteiger partial charge in [-0.1, -0.05) is 27.7 Å². The first-order valence-corrected chi connectivity index (χ1v) is 14.5. The monoisotopic (exact) mass is 490 g/mol. The van der Waals surface area contributed by atoms with E-state index in [2.05, 4.69) is 27.7 Å². The van der Waals surface area contributed by atoms with Gasteiger partial charge in [0.25, 0.3) is 0 Å². The van der Waals surface area contributed by atoms with E-state index in [1.54, 1.807) is 7.11 Å². The summed E-state index contributed by atoms with van der Waals surface area (Å²) in [5, 5.41) is 0. The van der Waals surface area contributed by atoms with Crippen LogP contribution in [0.15, 0.2) is 0 Å². The fourth-order valence-corrected chi connectivity index (χ4v) is 9.69. The predicted molar refractivity (Wildman–Crippen MR) is 137 cm³/mol. The number of fused-ring (bicyclic) bond motifs is 5. The zero-order chi connectivity index (χ0) is 25.4. The van der Waals surface area contributed by atoms with Gasteiger partial charge in [-0.05, 0) is 105 Å². The second-order valence-corrected chi connectivity index (χ2v) is 12.8. The molecular formula is C30H50O5. The minimum Gasteiger partial charge on any atom is -0.466 e. The second-order valence-electron chi connectivity index (χ2n) is 12.8. The molecule has 0 bridgehead atoms. The van der Waals surface area contributed by atoms with Crippen LogP contribution in [0.3, 0.4) is 0 Å². The fourth-order valence-electron chi connectivity index (χ4n) is 9.69. The van der Waals surface area contributed by atoms with Crippen molar-refractivity contribution in [2.75, 3.05) is 20.5 Å². The highest BCUT2D eigenvalue weighted by atomic mass is 16.7. The van der Waals surface area contributed by atoms with Gasteiger partial charge in [-0.15, -0.1) is 0 Å². The molecule has 5 unspecified atom stereocenters. The van der Waals surface area contributed by atoms with Crippen LogP contribution in [-0.4, -0.2) is 38.4 Å². The van der Waals surface area contributed by atoms with Gasteiger partial charge in [-0.25, -0.2) is 0 Å². The lowest BCUT2D eigenvalue weighted by Gasteiger charge is -2.62. The van der Waals surface area contributed by atoms with Crippen molar-refractivity contribution in [3.63, 3.8) is 0 Å². The number of carbonyl (C=O) groups is 2. The summed E-state index contributed by atoms with van der Waals surface area (Å²) in [6, 6.07) is 0. The van der Waals surface area contributed by atoms with Gasteiger partial charge in [0.15, 0.2) is 0 Å². The summed E-state index contributed by atoms with van der Waals surface area (Å²) in [4.78, 5) is 26.2. The average molecular weight is 491 g/mol. The lowest BCUT2D eigenvalue weighted by atomic mass is 9.42. The maximum absolute atomic E-state index is 14.2. The van der Waals surface area contributed by atoms with Crippen LogP contribution in [0.25, 0.3) is 0 Å². The molecule has 0 radical (unpaired) electrons. The molecule has 200 valence electrons. The Kier molecular flexibility index (Phi) is 8.37. The van der Waals surface area contributed by atoms with Crippen LogP contribution in [0.1, 0.15) is 98.8 Å². The summed E-state index contributed by atoms with van der Waals surface area (Å²) in [5.74, 6) is 3.42. The van der Waals surface area contributed by atoms with E-state index < -0.39 is 0 Å². The summed E-state index contributed by atoms with van der Waals surface area (Å²) >= 11 is 0. The smallest absolute Gasteiger partial charge is 0.305 e. The first-order valence-electron chi connectivity index (χ1n) is 14.5. The van der Waals surface area contributed by atoms with Crippen LogP contribution in [0.2, 0.25) is 0 Å². The molecule has 0 N–H and O–H groups in total. The molecule has 5 heteroatoms. The molecule has 35 heavy (non-hydrogen) atoms. The molecule has 0 spiro atoms. The van der Waals surface area contributed by atoms with Gasteiger partial charge in [-0.2, -0.15) is 0 Å². The van der Waals surface area contributed by atoms with Crippen LogP contribution >= 0.6 is 0 Å². The SMILES string of the molecule is CCOC(=O)CC[C@@H](C)C1CCC2C3C(=O)[C@H](CC)C4C[C@H](OCOC)CC[C@]4(C)C3CC[C@@]21C. The zero-order valence-electron chi connectivity index (χ0n) is 23.1. The Balaban J connectivity index is 1.53. The maximum atomic E-state index is 14.2. The maximum Gasteiger partial charge on any atom is 0.305 e. The summed E-state index contributed by atoms with van der Waals surface area (Å²) in [7, 11) is 1.68. The highest BCUT2D eigenvalue weighted by molar-refractivity contribution is 5.86. The molecular weight excluding hydrogens is 440 g/mol. The molecule has 4 aliphatic carbocycles. The molecule has 0 aromatic heterocycles. The number of methoxy groups -OCH3 is 1. The molecule has 10 atom stereocenters. The number of Topliss-reactive ketones (excluding diaryl/α,β-unsaturated/α-hetero) is 1. The minimum atomic E-state index is -0.0694. The third-order valence-corrected chi connectivity index (χ3v) is 11.4. The van der Waals surface area contributed by atoms with E-state index in [-0.39, 0.29) is 34.7 Å². The van der Waals surface area contributed by atoms with Crippen LogP contribution in [-0.2, 0) is 23.8 Å². The van der Waals surface area contributed by atoms with Gasteiger partial charge in [0.2, 0.25) is 0 Å². The number of hydrogen-bond acceptors (Lipinski definition) is 5. The molecule has 0 aliphatic heterocycles. The second kappa shape index (κ2) is 10.8. The van der Waals surface area contributed by atoms with Crippen molar-refractivity contribution in [2.45, 2.75) is 105 Å². The van der Waals surface area contributed by atoms with Gasteiger partial charge in [0.05, 0.1) is 12.7 Å². The van der Waals surface area contributed by atoms with Crippen molar-refractivity contribution in [3.8, 4) is 0 Å². The number of ketones is 1. The van der Waals surface area contributed by atoms with E-state index in [4.69, 9.17) is 14.2 Å². The fraction of sp³-hybridized carbons (Fsp3) is 0.933. The van der Waals surface area contributed by atoms with Crippen molar-refractivity contribution >= 4 is 11.8 Å². The van der Waals surface area contributed by atoms with E-state index in [9.17, 15) is 9.59 Å². The molecule has 0 aromatic carbocycles. The number of ether oxygens (including phenoxy) is 3. The van der Waals surface area contributed by atoms with Gasteiger partial charge < -0.3 is 14.2 Å². The number of rotatable bonds is 9. The van der Waals surface area contributed by atoms with E-state index in [1.165, 1.54) is 32.1 Å². The van der Waals surface area contributed by atoms with Crippen LogP contribution < -0.4 is 0 Å².